The third-order valence-corrected chi connectivity index (χ3v) is 3.43. The van der Waals surface area contributed by atoms with Gasteiger partial charge in [-0.3, -0.25) is 4.79 Å². The van der Waals surface area contributed by atoms with Gasteiger partial charge in [-0.15, -0.1) is 0 Å². The lowest BCUT2D eigenvalue weighted by atomic mass is 10.0. The highest BCUT2D eigenvalue weighted by Gasteiger charge is 2.14. The molecule has 1 atom stereocenters. The molecule has 1 N–H and O–H groups in total. The van der Waals surface area contributed by atoms with Crippen molar-refractivity contribution >= 4 is 21.9 Å². The van der Waals surface area contributed by atoms with Gasteiger partial charge >= 0.3 is 5.97 Å². The Hall–Kier alpha value is -0.830. The van der Waals surface area contributed by atoms with Crippen LogP contribution < -0.4 is 0 Å². The first kappa shape index (κ1) is 13.2. The molecular weight excluding hydrogens is 268 g/mol. The highest BCUT2D eigenvalue weighted by Crippen LogP contribution is 2.13. The molecule has 88 valence electrons. The SMILES string of the molecule is O=C(O)C(CBr)CCCCc1ccccc1. The fraction of sp³-hybridized carbons (Fsp3) is 0.462. The second-order valence-electron chi connectivity index (χ2n) is 3.92. The highest BCUT2D eigenvalue weighted by atomic mass is 79.9. The summed E-state index contributed by atoms with van der Waals surface area (Å²) in [4.78, 5) is 10.8. The summed E-state index contributed by atoms with van der Waals surface area (Å²) >= 11 is 3.23. The van der Waals surface area contributed by atoms with Crippen molar-refractivity contribution in [3.8, 4) is 0 Å². The van der Waals surface area contributed by atoms with Gasteiger partial charge in [0.1, 0.15) is 0 Å². The molecule has 3 heteroatoms. The van der Waals surface area contributed by atoms with Crippen LogP contribution >= 0.6 is 15.9 Å². The molecule has 0 saturated carbocycles. The molecule has 0 aliphatic heterocycles. The lowest BCUT2D eigenvalue weighted by Gasteiger charge is -2.08. The van der Waals surface area contributed by atoms with Crippen molar-refractivity contribution in [2.45, 2.75) is 25.7 Å². The average molecular weight is 285 g/mol. The zero-order valence-corrected chi connectivity index (χ0v) is 10.8. The summed E-state index contributed by atoms with van der Waals surface area (Å²) in [6, 6.07) is 10.3. The number of benzene rings is 1. The first-order valence-corrected chi connectivity index (χ1v) is 6.69. The molecule has 1 aromatic carbocycles. The average Bonchev–Trinajstić information content (AvgIpc) is 2.30. The number of aryl methyl sites for hydroxylation is 1. The van der Waals surface area contributed by atoms with Gasteiger partial charge in [-0.1, -0.05) is 52.7 Å². The summed E-state index contributed by atoms with van der Waals surface area (Å²) < 4.78 is 0. The van der Waals surface area contributed by atoms with Crippen molar-refractivity contribution in [3.63, 3.8) is 0 Å². The first-order valence-electron chi connectivity index (χ1n) is 5.56. The number of rotatable bonds is 7. The number of halogens is 1. The van der Waals surface area contributed by atoms with E-state index in [1.54, 1.807) is 0 Å². The maximum Gasteiger partial charge on any atom is 0.307 e. The lowest BCUT2D eigenvalue weighted by molar-refractivity contribution is -0.141. The van der Waals surface area contributed by atoms with Crippen LogP contribution in [0.1, 0.15) is 24.8 Å². The third-order valence-electron chi connectivity index (χ3n) is 2.65. The fourth-order valence-electron chi connectivity index (χ4n) is 1.63. The van der Waals surface area contributed by atoms with Crippen LogP contribution in [-0.2, 0) is 11.2 Å². The maximum atomic E-state index is 10.8. The Morgan fingerprint density at radius 2 is 1.94 bits per heavy atom. The van der Waals surface area contributed by atoms with Crippen LogP contribution in [-0.4, -0.2) is 16.4 Å². The Morgan fingerprint density at radius 3 is 2.50 bits per heavy atom. The van der Waals surface area contributed by atoms with Crippen LogP contribution in [0.4, 0.5) is 0 Å². The smallest absolute Gasteiger partial charge is 0.307 e. The summed E-state index contributed by atoms with van der Waals surface area (Å²) in [5.41, 5.74) is 1.33. The van der Waals surface area contributed by atoms with E-state index in [-0.39, 0.29) is 5.92 Å². The number of alkyl halides is 1. The van der Waals surface area contributed by atoms with Gasteiger partial charge in [0, 0.05) is 5.33 Å². The Bertz CT molecular complexity index is 311. The molecule has 0 amide bonds. The summed E-state index contributed by atoms with van der Waals surface area (Å²) in [6.45, 7) is 0. The number of unbranched alkanes of at least 4 members (excludes halogenated alkanes) is 1. The maximum absolute atomic E-state index is 10.8. The van der Waals surface area contributed by atoms with Gasteiger partial charge < -0.3 is 5.11 Å². The molecule has 0 radical (unpaired) electrons. The monoisotopic (exact) mass is 284 g/mol. The molecule has 1 rings (SSSR count). The number of hydrogen-bond donors (Lipinski definition) is 1. The van der Waals surface area contributed by atoms with Crippen LogP contribution in [0.2, 0.25) is 0 Å². The van der Waals surface area contributed by atoms with Gasteiger partial charge in [0.25, 0.3) is 0 Å². The van der Waals surface area contributed by atoms with E-state index in [1.807, 2.05) is 18.2 Å². The van der Waals surface area contributed by atoms with Crippen molar-refractivity contribution in [3.05, 3.63) is 35.9 Å². The predicted molar refractivity (Wildman–Crippen MR) is 68.9 cm³/mol. The molecule has 2 nitrogen and oxygen atoms in total. The highest BCUT2D eigenvalue weighted by molar-refractivity contribution is 9.09. The minimum atomic E-state index is -0.698. The molecule has 0 aliphatic rings. The van der Waals surface area contributed by atoms with Gasteiger partial charge in [-0.2, -0.15) is 0 Å². The van der Waals surface area contributed by atoms with Crippen LogP contribution in [0.15, 0.2) is 30.3 Å². The number of aliphatic carboxylic acids is 1. The predicted octanol–water partition coefficient (Wildman–Crippen LogP) is 3.50. The van der Waals surface area contributed by atoms with E-state index in [2.05, 4.69) is 28.1 Å². The van der Waals surface area contributed by atoms with E-state index in [0.29, 0.717) is 5.33 Å². The fourth-order valence-corrected chi connectivity index (χ4v) is 2.23. The van der Waals surface area contributed by atoms with Gasteiger partial charge in [-0.05, 0) is 24.8 Å². The molecule has 0 aromatic heterocycles. The molecule has 1 aromatic rings. The lowest BCUT2D eigenvalue weighted by Crippen LogP contribution is -2.14. The zero-order chi connectivity index (χ0) is 11.8. The van der Waals surface area contributed by atoms with Gasteiger partial charge in [0.05, 0.1) is 5.92 Å². The van der Waals surface area contributed by atoms with Gasteiger partial charge in [0.15, 0.2) is 0 Å². The normalized spacial score (nSPS) is 12.3. The second kappa shape index (κ2) is 7.44. The van der Waals surface area contributed by atoms with Gasteiger partial charge in [0.2, 0.25) is 0 Å². The molecule has 0 spiro atoms. The van der Waals surface area contributed by atoms with Crippen LogP contribution in [0.3, 0.4) is 0 Å². The van der Waals surface area contributed by atoms with Crippen molar-refractivity contribution in [2.75, 3.05) is 5.33 Å². The van der Waals surface area contributed by atoms with Gasteiger partial charge in [-0.25, -0.2) is 0 Å². The topological polar surface area (TPSA) is 37.3 Å². The zero-order valence-electron chi connectivity index (χ0n) is 9.23. The number of hydrogen-bond acceptors (Lipinski definition) is 1. The third kappa shape index (κ3) is 4.79. The van der Waals surface area contributed by atoms with E-state index in [4.69, 9.17) is 5.11 Å². The van der Waals surface area contributed by atoms with Crippen molar-refractivity contribution in [1.29, 1.82) is 0 Å². The standard InChI is InChI=1S/C13H17BrO2/c14-10-12(13(15)16)9-5-4-8-11-6-2-1-3-7-11/h1-3,6-7,12H,4-5,8-10H2,(H,15,16). The van der Waals surface area contributed by atoms with E-state index < -0.39 is 5.97 Å². The molecule has 1 unspecified atom stereocenters. The molecule has 16 heavy (non-hydrogen) atoms. The molecule has 0 saturated heterocycles. The van der Waals surface area contributed by atoms with Crippen LogP contribution in [0.25, 0.3) is 0 Å². The number of carboxylic acid groups (broad SMARTS) is 1. The molecule has 0 heterocycles. The van der Waals surface area contributed by atoms with E-state index >= 15 is 0 Å². The van der Waals surface area contributed by atoms with Crippen LogP contribution in [0.5, 0.6) is 0 Å². The summed E-state index contributed by atoms with van der Waals surface area (Å²) in [7, 11) is 0. The second-order valence-corrected chi connectivity index (χ2v) is 4.57. The summed E-state index contributed by atoms with van der Waals surface area (Å²) in [5.74, 6) is -0.938. The van der Waals surface area contributed by atoms with Crippen molar-refractivity contribution in [2.24, 2.45) is 5.92 Å². The van der Waals surface area contributed by atoms with E-state index in [0.717, 1.165) is 25.7 Å². The molecule has 0 fully saturated rings. The van der Waals surface area contributed by atoms with E-state index in [1.165, 1.54) is 5.56 Å². The largest absolute Gasteiger partial charge is 0.481 e. The summed E-state index contributed by atoms with van der Waals surface area (Å²) in [5, 5.41) is 9.41. The van der Waals surface area contributed by atoms with E-state index in [9.17, 15) is 4.79 Å². The first-order chi connectivity index (χ1) is 7.74. The number of carbonyl (C=O) groups is 1. The van der Waals surface area contributed by atoms with Crippen molar-refractivity contribution in [1.82, 2.24) is 0 Å². The Labute approximate surface area is 105 Å². The minimum Gasteiger partial charge on any atom is -0.481 e. The molecular formula is C13H17BrO2. The molecule has 0 bridgehead atoms. The number of carboxylic acids is 1. The Kier molecular flexibility index (Phi) is 6.16. The Balaban J connectivity index is 2.19. The molecule has 0 aliphatic carbocycles. The minimum absolute atomic E-state index is 0.240. The van der Waals surface area contributed by atoms with Crippen molar-refractivity contribution < 1.29 is 9.90 Å². The Morgan fingerprint density at radius 1 is 1.25 bits per heavy atom. The summed E-state index contributed by atoms with van der Waals surface area (Å²) in [6.07, 6.45) is 3.82. The quantitative estimate of drug-likeness (QED) is 0.615. The van der Waals surface area contributed by atoms with Crippen LogP contribution in [0, 0.1) is 5.92 Å².